The van der Waals surface area contributed by atoms with E-state index in [4.69, 9.17) is 9.72 Å². The third-order valence-electron chi connectivity index (χ3n) is 6.35. The summed E-state index contributed by atoms with van der Waals surface area (Å²) < 4.78 is 47.1. The maximum absolute atomic E-state index is 12.7. The number of aromatic nitrogens is 1. The summed E-state index contributed by atoms with van der Waals surface area (Å²) in [5.74, 6) is 1.39. The quantitative estimate of drug-likeness (QED) is 0.507. The number of carbonyl (C=O) groups excluding carboxylic acids is 1. The number of anilines is 3. The van der Waals surface area contributed by atoms with Gasteiger partial charge in [-0.15, -0.1) is 13.2 Å². The van der Waals surface area contributed by atoms with Crippen LogP contribution in [-0.2, 0) is 9.47 Å². The van der Waals surface area contributed by atoms with E-state index in [-0.39, 0.29) is 32.2 Å². The number of ether oxygens (including phenoxy) is 2. The lowest BCUT2D eigenvalue weighted by Crippen LogP contribution is -2.37. The molecule has 0 saturated carbocycles. The number of benzene rings is 1. The summed E-state index contributed by atoms with van der Waals surface area (Å²) in [4.78, 5) is 20.9. The second-order valence-electron chi connectivity index (χ2n) is 9.31. The van der Waals surface area contributed by atoms with Crippen LogP contribution in [0.5, 0.6) is 0 Å². The summed E-state index contributed by atoms with van der Waals surface area (Å²) in [7, 11) is 0. The third-order valence-corrected chi connectivity index (χ3v) is 6.35. The molecule has 202 valence electrons. The molecule has 0 spiro atoms. The lowest BCUT2D eigenvalue weighted by atomic mass is 10.00. The Morgan fingerprint density at radius 3 is 2.70 bits per heavy atom. The number of hydrogen-bond donors (Lipinski definition) is 3. The molecule has 0 aliphatic carbocycles. The summed E-state index contributed by atoms with van der Waals surface area (Å²) >= 11 is 0. The Morgan fingerprint density at radius 1 is 1.24 bits per heavy atom. The third kappa shape index (κ3) is 7.24. The van der Waals surface area contributed by atoms with E-state index in [1.807, 2.05) is 38.1 Å². The number of hydrogen-bond acceptors (Lipinski definition) is 7. The molecule has 1 unspecified atom stereocenters. The minimum absolute atomic E-state index is 0.0509. The van der Waals surface area contributed by atoms with Crippen LogP contribution in [0.3, 0.4) is 0 Å². The van der Waals surface area contributed by atoms with Crippen molar-refractivity contribution >= 4 is 23.4 Å². The summed E-state index contributed by atoms with van der Waals surface area (Å²) in [6.07, 6.45) is -5.67. The van der Waals surface area contributed by atoms with Crippen molar-refractivity contribution in [2.24, 2.45) is 0 Å². The summed E-state index contributed by atoms with van der Waals surface area (Å²) in [5, 5.41) is 15.5. The van der Waals surface area contributed by atoms with Gasteiger partial charge in [-0.3, -0.25) is 4.74 Å². The van der Waals surface area contributed by atoms with Crippen LogP contribution in [0.15, 0.2) is 30.3 Å². The number of aryl methyl sites for hydroxylation is 1. The largest absolute Gasteiger partial charge is 0.522 e. The zero-order chi connectivity index (χ0) is 26.6. The number of alkyl halides is 3. The number of nitrogens with zero attached hydrogens (tertiary/aromatic N) is 3. The Balaban J connectivity index is 1.55. The highest BCUT2D eigenvalue weighted by atomic mass is 19.4. The molecule has 12 heteroatoms. The molecule has 0 bridgehead atoms. The van der Waals surface area contributed by atoms with E-state index in [9.17, 15) is 23.1 Å². The van der Waals surface area contributed by atoms with Gasteiger partial charge in [0.25, 0.3) is 0 Å². The molecule has 2 aliphatic rings. The second-order valence-corrected chi connectivity index (χ2v) is 9.31. The fourth-order valence-corrected chi connectivity index (χ4v) is 4.41. The van der Waals surface area contributed by atoms with Crippen LogP contribution in [0.25, 0.3) is 11.1 Å². The number of urea groups is 1. The lowest BCUT2D eigenvalue weighted by molar-refractivity contribution is -0.340. The van der Waals surface area contributed by atoms with Crippen LogP contribution in [-0.4, -0.2) is 85.5 Å². The van der Waals surface area contributed by atoms with Crippen LogP contribution < -0.4 is 15.5 Å². The van der Waals surface area contributed by atoms with Crippen molar-refractivity contribution in [2.75, 3.05) is 61.5 Å². The number of likely N-dealkylation sites (tertiary alicyclic amines) is 1. The van der Waals surface area contributed by atoms with Gasteiger partial charge in [0.05, 0.1) is 25.9 Å². The second kappa shape index (κ2) is 11.5. The topological polar surface area (TPSA) is 99.2 Å². The maximum Gasteiger partial charge on any atom is 0.522 e. The summed E-state index contributed by atoms with van der Waals surface area (Å²) in [6.45, 7) is 6.42. The van der Waals surface area contributed by atoms with E-state index in [1.54, 1.807) is 6.07 Å². The van der Waals surface area contributed by atoms with E-state index < -0.39 is 18.5 Å². The van der Waals surface area contributed by atoms with Gasteiger partial charge >= 0.3 is 12.4 Å². The van der Waals surface area contributed by atoms with Gasteiger partial charge in [-0.25, -0.2) is 9.78 Å². The minimum Gasteiger partial charge on any atom is -0.394 e. The monoisotopic (exact) mass is 523 g/mol. The molecule has 1 aromatic heterocycles. The number of pyridine rings is 1. The first-order valence-electron chi connectivity index (χ1n) is 12.2. The molecular formula is C25H32F3N5O4. The molecule has 37 heavy (non-hydrogen) atoms. The van der Waals surface area contributed by atoms with Gasteiger partial charge in [0, 0.05) is 37.9 Å². The summed E-state index contributed by atoms with van der Waals surface area (Å²) in [6, 6.07) is 8.67. The fourth-order valence-electron chi connectivity index (χ4n) is 4.41. The van der Waals surface area contributed by atoms with Gasteiger partial charge in [-0.05, 0) is 61.2 Å². The first-order valence-corrected chi connectivity index (χ1v) is 12.2. The van der Waals surface area contributed by atoms with Crippen molar-refractivity contribution in [3.63, 3.8) is 0 Å². The molecule has 4 rings (SSSR count). The normalized spacial score (nSPS) is 19.1. The van der Waals surface area contributed by atoms with Crippen LogP contribution in [0.1, 0.15) is 18.9 Å². The van der Waals surface area contributed by atoms with Crippen LogP contribution >= 0.6 is 0 Å². The molecule has 3 N–H and O–H groups in total. The minimum atomic E-state index is -4.73. The molecule has 1 aromatic carbocycles. The van der Waals surface area contributed by atoms with E-state index >= 15 is 0 Å². The smallest absolute Gasteiger partial charge is 0.394 e. The molecule has 2 aliphatic heterocycles. The Bertz CT molecular complexity index is 1090. The standard InChI is InChI=1S/C25H32F3N5O4/c1-16-3-4-19(30-24(35)33-6-5-20(14-33)37-25(26,27)28)13-21(16)18-11-22(29-17(2)15-34)31-23(12-18)32-7-9-36-10-8-32/h3-4,11-13,17,20,34H,5-10,14-15H2,1-2H3,(H,29,31)(H,30,35)/t17?,20-/m1/s1. The highest BCUT2D eigenvalue weighted by Crippen LogP contribution is 2.32. The number of aliphatic hydroxyl groups excluding tert-OH is 1. The van der Waals surface area contributed by atoms with Crippen LogP contribution in [0.4, 0.5) is 35.3 Å². The molecule has 3 heterocycles. The molecule has 2 aromatic rings. The molecule has 2 fully saturated rings. The van der Waals surface area contributed by atoms with Gasteiger partial charge in [-0.1, -0.05) is 6.07 Å². The van der Waals surface area contributed by atoms with E-state index in [0.717, 1.165) is 22.5 Å². The van der Waals surface area contributed by atoms with Crippen molar-refractivity contribution < 1.29 is 32.5 Å². The molecule has 2 amide bonds. The Hall–Kier alpha value is -3.09. The van der Waals surface area contributed by atoms with E-state index in [2.05, 4.69) is 20.3 Å². The number of halogens is 3. The Labute approximate surface area is 213 Å². The van der Waals surface area contributed by atoms with Crippen molar-refractivity contribution in [1.82, 2.24) is 9.88 Å². The van der Waals surface area contributed by atoms with Crippen molar-refractivity contribution in [3.05, 3.63) is 35.9 Å². The molecule has 9 nitrogen and oxygen atoms in total. The fraction of sp³-hybridized carbons (Fsp3) is 0.520. The average molecular weight is 524 g/mol. The zero-order valence-electron chi connectivity index (χ0n) is 20.8. The summed E-state index contributed by atoms with van der Waals surface area (Å²) in [5.41, 5.74) is 3.23. The van der Waals surface area contributed by atoms with Gasteiger partial charge in [0.15, 0.2) is 0 Å². The number of aliphatic hydroxyl groups is 1. The van der Waals surface area contributed by atoms with Gasteiger partial charge in [-0.2, -0.15) is 0 Å². The van der Waals surface area contributed by atoms with Gasteiger partial charge < -0.3 is 30.3 Å². The SMILES string of the molecule is Cc1ccc(NC(=O)N2CC[C@@H](OC(F)(F)F)C2)cc1-c1cc(NC(C)CO)nc(N2CCOCC2)c1. The van der Waals surface area contributed by atoms with Crippen molar-refractivity contribution in [3.8, 4) is 11.1 Å². The van der Waals surface area contributed by atoms with Crippen LogP contribution in [0.2, 0.25) is 0 Å². The number of amides is 2. The number of morpholine rings is 1. The number of carbonyl (C=O) groups is 1. The molecule has 2 saturated heterocycles. The van der Waals surface area contributed by atoms with Gasteiger partial charge in [0.2, 0.25) is 0 Å². The van der Waals surface area contributed by atoms with Crippen molar-refractivity contribution in [2.45, 2.75) is 38.8 Å². The molecule has 0 radical (unpaired) electrons. The number of nitrogens with one attached hydrogen (secondary N) is 2. The molecule has 2 atom stereocenters. The predicted octanol–water partition coefficient (Wildman–Crippen LogP) is 3.83. The first-order chi connectivity index (χ1) is 17.6. The molecular weight excluding hydrogens is 491 g/mol. The highest BCUT2D eigenvalue weighted by molar-refractivity contribution is 5.91. The number of rotatable bonds is 7. The van der Waals surface area contributed by atoms with E-state index in [0.29, 0.717) is 37.8 Å². The lowest BCUT2D eigenvalue weighted by Gasteiger charge is -2.29. The highest BCUT2D eigenvalue weighted by Gasteiger charge is 2.37. The first kappa shape index (κ1) is 27.0. The zero-order valence-corrected chi connectivity index (χ0v) is 20.8. The Kier molecular flexibility index (Phi) is 8.40. The van der Waals surface area contributed by atoms with E-state index in [1.165, 1.54) is 4.90 Å². The van der Waals surface area contributed by atoms with Crippen LogP contribution in [0, 0.1) is 6.92 Å². The Morgan fingerprint density at radius 2 is 2.00 bits per heavy atom. The average Bonchev–Trinajstić information content (AvgIpc) is 3.32. The van der Waals surface area contributed by atoms with Gasteiger partial charge in [0.1, 0.15) is 11.6 Å². The van der Waals surface area contributed by atoms with Crippen molar-refractivity contribution in [1.29, 1.82) is 0 Å². The maximum atomic E-state index is 12.7. The predicted molar refractivity (Wildman–Crippen MR) is 134 cm³/mol.